The molecule has 0 spiro atoms. The third-order valence-corrected chi connectivity index (χ3v) is 6.87. The van der Waals surface area contributed by atoms with E-state index in [-0.39, 0.29) is 12.2 Å². The summed E-state index contributed by atoms with van der Waals surface area (Å²) in [5.41, 5.74) is 11.4. The molecule has 6 nitrogen and oxygen atoms in total. The fourth-order valence-electron chi connectivity index (χ4n) is 5.16. The van der Waals surface area contributed by atoms with Gasteiger partial charge in [0, 0.05) is 5.56 Å². The Morgan fingerprint density at radius 2 is 1.41 bits per heavy atom. The molecule has 0 saturated carbocycles. The number of nitrogens with zero attached hydrogens (tertiary/aromatic N) is 2. The molecule has 0 saturated heterocycles. The van der Waals surface area contributed by atoms with Crippen molar-refractivity contribution in [3.05, 3.63) is 137 Å². The van der Waals surface area contributed by atoms with Crippen LogP contribution < -0.4 is 5.73 Å². The number of benzene rings is 3. The van der Waals surface area contributed by atoms with Crippen LogP contribution in [0.1, 0.15) is 35.3 Å². The van der Waals surface area contributed by atoms with E-state index in [0.717, 1.165) is 27.8 Å². The highest BCUT2D eigenvalue weighted by Crippen LogP contribution is 2.42. The molecule has 5 aromatic rings. The Labute approximate surface area is 215 Å². The topological polar surface area (TPSA) is 83.4 Å². The lowest BCUT2D eigenvalue weighted by molar-refractivity contribution is -0.0549. The van der Waals surface area contributed by atoms with E-state index < -0.39 is 5.60 Å². The standard InChI is InChI=1S/C31H27N3O3/c1-21-17-25(37-28(21)26-19-35-29-27(26)33-20-34-30(29)32)18-36-31(22-11-5-2-6-12-22,23-13-7-3-8-14-23)24-15-9-4-10-16-24/h2-17,19-20,25,28H,18H2,1H3,(H2,32,33,34)/t25?,28-/m1/s1. The van der Waals surface area contributed by atoms with Crippen molar-refractivity contribution in [2.75, 3.05) is 12.3 Å². The van der Waals surface area contributed by atoms with Crippen LogP contribution in [0.2, 0.25) is 0 Å². The fraction of sp³-hybridized carbons (Fsp3) is 0.161. The van der Waals surface area contributed by atoms with Gasteiger partial charge in [0.05, 0.1) is 12.9 Å². The molecule has 0 amide bonds. The first-order valence-electron chi connectivity index (χ1n) is 12.3. The van der Waals surface area contributed by atoms with Crippen LogP contribution in [0.3, 0.4) is 0 Å². The molecule has 6 heteroatoms. The number of anilines is 1. The van der Waals surface area contributed by atoms with Gasteiger partial charge in [-0.25, -0.2) is 9.97 Å². The van der Waals surface area contributed by atoms with Gasteiger partial charge in [-0.1, -0.05) is 97.1 Å². The molecule has 6 rings (SSSR count). The van der Waals surface area contributed by atoms with Gasteiger partial charge >= 0.3 is 0 Å². The van der Waals surface area contributed by atoms with E-state index in [1.165, 1.54) is 6.33 Å². The highest BCUT2D eigenvalue weighted by molar-refractivity contribution is 5.85. The zero-order valence-corrected chi connectivity index (χ0v) is 20.5. The first-order chi connectivity index (χ1) is 18.2. The van der Waals surface area contributed by atoms with Gasteiger partial charge in [0.2, 0.25) is 0 Å². The average Bonchev–Trinajstić information content (AvgIpc) is 3.54. The maximum Gasteiger partial charge on any atom is 0.194 e. The highest BCUT2D eigenvalue weighted by Gasteiger charge is 2.39. The number of hydrogen-bond acceptors (Lipinski definition) is 6. The molecule has 3 aromatic carbocycles. The summed E-state index contributed by atoms with van der Waals surface area (Å²) in [5.74, 6) is 0.314. The largest absolute Gasteiger partial charge is 0.458 e. The van der Waals surface area contributed by atoms with Crippen molar-refractivity contribution in [2.24, 2.45) is 0 Å². The van der Waals surface area contributed by atoms with Gasteiger partial charge in [-0.2, -0.15) is 0 Å². The van der Waals surface area contributed by atoms with Crippen LogP contribution in [0.4, 0.5) is 5.82 Å². The predicted molar refractivity (Wildman–Crippen MR) is 143 cm³/mol. The maximum atomic E-state index is 6.95. The number of furan rings is 1. The summed E-state index contributed by atoms with van der Waals surface area (Å²) in [4.78, 5) is 8.41. The van der Waals surface area contributed by atoms with Crippen LogP contribution in [0.5, 0.6) is 0 Å². The van der Waals surface area contributed by atoms with E-state index in [0.29, 0.717) is 23.5 Å². The molecular weight excluding hydrogens is 462 g/mol. The molecule has 2 atom stereocenters. The van der Waals surface area contributed by atoms with Crippen LogP contribution in [0.25, 0.3) is 11.1 Å². The smallest absolute Gasteiger partial charge is 0.194 e. The van der Waals surface area contributed by atoms with E-state index in [4.69, 9.17) is 19.6 Å². The summed E-state index contributed by atoms with van der Waals surface area (Å²) in [6.45, 7) is 2.40. The van der Waals surface area contributed by atoms with Crippen molar-refractivity contribution in [3.8, 4) is 0 Å². The predicted octanol–water partition coefficient (Wildman–Crippen LogP) is 6.20. The minimum atomic E-state index is -0.809. The minimum absolute atomic E-state index is 0.260. The molecule has 1 aliphatic heterocycles. The normalized spacial score (nSPS) is 17.7. The lowest BCUT2D eigenvalue weighted by atomic mass is 9.80. The summed E-state index contributed by atoms with van der Waals surface area (Å²) < 4.78 is 19.1. The Morgan fingerprint density at radius 3 is 1.97 bits per heavy atom. The molecule has 184 valence electrons. The van der Waals surface area contributed by atoms with E-state index >= 15 is 0 Å². The number of rotatable bonds is 7. The Hall–Kier alpha value is -4.26. The Bertz CT molecular complexity index is 1440. The van der Waals surface area contributed by atoms with E-state index in [2.05, 4.69) is 52.4 Å². The monoisotopic (exact) mass is 489 g/mol. The third-order valence-electron chi connectivity index (χ3n) is 6.87. The fourth-order valence-corrected chi connectivity index (χ4v) is 5.16. The van der Waals surface area contributed by atoms with Crippen LogP contribution in [-0.2, 0) is 15.1 Å². The van der Waals surface area contributed by atoms with Crippen molar-refractivity contribution in [1.29, 1.82) is 0 Å². The van der Waals surface area contributed by atoms with Crippen molar-refractivity contribution in [2.45, 2.75) is 24.7 Å². The summed E-state index contributed by atoms with van der Waals surface area (Å²) in [5, 5.41) is 0. The summed E-state index contributed by atoms with van der Waals surface area (Å²) in [7, 11) is 0. The molecule has 1 unspecified atom stereocenters. The summed E-state index contributed by atoms with van der Waals surface area (Å²) in [6, 6.07) is 31.0. The number of nitrogens with two attached hydrogens (primary N) is 1. The first-order valence-corrected chi connectivity index (χ1v) is 12.3. The molecule has 0 radical (unpaired) electrons. The van der Waals surface area contributed by atoms with Gasteiger partial charge in [-0.3, -0.25) is 0 Å². The Morgan fingerprint density at radius 1 is 0.838 bits per heavy atom. The zero-order chi connectivity index (χ0) is 25.2. The quantitative estimate of drug-likeness (QED) is 0.216. The SMILES string of the molecule is CC1=CC(COC(c2ccccc2)(c2ccccc2)c2ccccc2)O[C@H]1c1coc2c(N)ncnc12. The third kappa shape index (κ3) is 4.10. The van der Waals surface area contributed by atoms with E-state index in [9.17, 15) is 0 Å². The van der Waals surface area contributed by atoms with Crippen molar-refractivity contribution >= 4 is 16.9 Å². The van der Waals surface area contributed by atoms with Crippen molar-refractivity contribution < 1.29 is 13.9 Å². The van der Waals surface area contributed by atoms with E-state index in [1.54, 1.807) is 6.26 Å². The number of fused-ring (bicyclic) bond motifs is 1. The van der Waals surface area contributed by atoms with Gasteiger partial charge in [-0.15, -0.1) is 0 Å². The number of aromatic nitrogens is 2. The van der Waals surface area contributed by atoms with Gasteiger partial charge in [0.1, 0.15) is 29.7 Å². The molecule has 0 aliphatic carbocycles. The second-order valence-corrected chi connectivity index (χ2v) is 9.18. The molecule has 1 aliphatic rings. The molecule has 0 bridgehead atoms. The number of ether oxygens (including phenoxy) is 2. The summed E-state index contributed by atoms with van der Waals surface area (Å²) in [6.07, 6.45) is 4.65. The van der Waals surface area contributed by atoms with Crippen LogP contribution in [0, 0.1) is 0 Å². The molecule has 2 aromatic heterocycles. The van der Waals surface area contributed by atoms with Gasteiger partial charge < -0.3 is 19.6 Å². The summed E-state index contributed by atoms with van der Waals surface area (Å²) >= 11 is 0. The second-order valence-electron chi connectivity index (χ2n) is 9.18. The highest BCUT2D eigenvalue weighted by atomic mass is 16.6. The maximum absolute atomic E-state index is 6.95. The van der Waals surface area contributed by atoms with Gasteiger partial charge in [-0.05, 0) is 29.2 Å². The van der Waals surface area contributed by atoms with Crippen LogP contribution >= 0.6 is 0 Å². The van der Waals surface area contributed by atoms with Crippen LogP contribution in [0.15, 0.2) is 120 Å². The molecule has 3 heterocycles. The molecule has 2 N–H and O–H groups in total. The molecule has 0 fully saturated rings. The first kappa shape index (κ1) is 23.2. The Kier molecular flexibility index (Phi) is 6.04. The lowest BCUT2D eigenvalue weighted by Crippen LogP contribution is -2.35. The van der Waals surface area contributed by atoms with Crippen LogP contribution in [-0.4, -0.2) is 22.7 Å². The number of hydrogen-bond donors (Lipinski definition) is 1. The van der Waals surface area contributed by atoms with Crippen molar-refractivity contribution in [1.82, 2.24) is 9.97 Å². The second kappa shape index (κ2) is 9.65. The van der Waals surface area contributed by atoms with Gasteiger partial charge in [0.25, 0.3) is 0 Å². The van der Waals surface area contributed by atoms with E-state index in [1.807, 2.05) is 61.5 Å². The zero-order valence-electron chi connectivity index (χ0n) is 20.5. The lowest BCUT2D eigenvalue weighted by Gasteiger charge is -2.36. The molecule has 37 heavy (non-hydrogen) atoms. The Balaban J connectivity index is 1.35. The average molecular weight is 490 g/mol. The minimum Gasteiger partial charge on any atom is -0.458 e. The number of nitrogen functional groups attached to an aromatic ring is 1. The molecular formula is C31H27N3O3. The van der Waals surface area contributed by atoms with Gasteiger partial charge in [0.15, 0.2) is 11.4 Å². The van der Waals surface area contributed by atoms with Crippen molar-refractivity contribution in [3.63, 3.8) is 0 Å².